The molecule has 1 aromatic rings. The molecule has 1 aliphatic rings. The van der Waals surface area contributed by atoms with Crippen LogP contribution in [-0.4, -0.2) is 31.7 Å². The van der Waals surface area contributed by atoms with Gasteiger partial charge in [-0.25, -0.2) is 0 Å². The average Bonchev–Trinajstić information content (AvgIpc) is 2.52. The quantitative estimate of drug-likeness (QED) is 0.830. The summed E-state index contributed by atoms with van der Waals surface area (Å²) in [7, 11) is 0. The molecule has 2 rings (SSSR count). The third-order valence-corrected chi connectivity index (χ3v) is 3.66. The van der Waals surface area contributed by atoms with Gasteiger partial charge in [0.15, 0.2) is 0 Å². The van der Waals surface area contributed by atoms with Crippen molar-refractivity contribution < 1.29 is 9.53 Å². The van der Waals surface area contributed by atoms with Crippen molar-refractivity contribution in [2.75, 3.05) is 19.7 Å². The van der Waals surface area contributed by atoms with E-state index in [4.69, 9.17) is 4.74 Å². The van der Waals surface area contributed by atoms with Crippen LogP contribution in [-0.2, 0) is 22.5 Å². The topological polar surface area (TPSA) is 50.4 Å². The fraction of sp³-hybridized carbons (Fsp3) is 0.562. The van der Waals surface area contributed by atoms with Gasteiger partial charge in [0.05, 0.1) is 6.10 Å². The number of carbonyl (C=O) groups excluding carboxylic acids is 1. The van der Waals surface area contributed by atoms with Gasteiger partial charge in [-0.1, -0.05) is 31.2 Å². The summed E-state index contributed by atoms with van der Waals surface area (Å²) in [4.78, 5) is 11.7. The van der Waals surface area contributed by atoms with Crippen molar-refractivity contribution in [2.45, 2.75) is 38.8 Å². The third-order valence-electron chi connectivity index (χ3n) is 3.66. The number of carbonyl (C=O) groups is 1. The van der Waals surface area contributed by atoms with Gasteiger partial charge in [-0.3, -0.25) is 4.79 Å². The number of nitrogens with one attached hydrogen (secondary N) is 2. The zero-order valence-electron chi connectivity index (χ0n) is 12.2. The number of ether oxygens (including phenoxy) is 1. The van der Waals surface area contributed by atoms with E-state index in [0.717, 1.165) is 37.9 Å². The van der Waals surface area contributed by atoms with Crippen molar-refractivity contribution in [3.05, 3.63) is 35.4 Å². The Morgan fingerprint density at radius 2 is 1.90 bits per heavy atom. The Bertz CT molecular complexity index is 411. The van der Waals surface area contributed by atoms with Gasteiger partial charge in [-0.05, 0) is 43.5 Å². The average molecular weight is 276 g/mol. The van der Waals surface area contributed by atoms with E-state index in [1.165, 1.54) is 5.56 Å². The lowest BCUT2D eigenvalue weighted by molar-refractivity contribution is -0.128. The van der Waals surface area contributed by atoms with Gasteiger partial charge >= 0.3 is 0 Å². The SMILES string of the molecule is CCc1ccc(CNC(=O)COC2CCNCC2)cc1. The van der Waals surface area contributed by atoms with E-state index in [2.05, 4.69) is 41.8 Å². The molecular formula is C16H24N2O2. The third kappa shape index (κ3) is 4.94. The van der Waals surface area contributed by atoms with Crippen LogP contribution in [0.25, 0.3) is 0 Å². The second-order valence-electron chi connectivity index (χ2n) is 5.21. The van der Waals surface area contributed by atoms with E-state index in [1.807, 2.05) is 0 Å². The monoisotopic (exact) mass is 276 g/mol. The molecule has 20 heavy (non-hydrogen) atoms. The summed E-state index contributed by atoms with van der Waals surface area (Å²) in [5.41, 5.74) is 2.44. The first-order valence-electron chi connectivity index (χ1n) is 7.44. The molecule has 0 bridgehead atoms. The fourth-order valence-electron chi connectivity index (χ4n) is 2.30. The van der Waals surface area contributed by atoms with Crippen molar-refractivity contribution in [2.24, 2.45) is 0 Å². The number of benzene rings is 1. The van der Waals surface area contributed by atoms with Gasteiger partial charge < -0.3 is 15.4 Å². The Morgan fingerprint density at radius 1 is 1.25 bits per heavy atom. The van der Waals surface area contributed by atoms with Gasteiger partial charge in [0.1, 0.15) is 6.61 Å². The Labute approximate surface area is 120 Å². The number of amides is 1. The molecule has 4 heteroatoms. The van der Waals surface area contributed by atoms with Gasteiger partial charge in [-0.2, -0.15) is 0 Å². The molecule has 0 atom stereocenters. The lowest BCUT2D eigenvalue weighted by Gasteiger charge is -2.22. The lowest BCUT2D eigenvalue weighted by atomic mass is 10.1. The molecule has 1 fully saturated rings. The van der Waals surface area contributed by atoms with Crippen LogP contribution < -0.4 is 10.6 Å². The first-order chi connectivity index (χ1) is 9.78. The molecule has 0 aromatic heterocycles. The van der Waals surface area contributed by atoms with Crippen LogP contribution in [0.1, 0.15) is 30.9 Å². The molecule has 1 aliphatic heterocycles. The van der Waals surface area contributed by atoms with E-state index < -0.39 is 0 Å². The van der Waals surface area contributed by atoms with E-state index in [0.29, 0.717) is 6.54 Å². The molecule has 4 nitrogen and oxygen atoms in total. The molecule has 1 aromatic carbocycles. The summed E-state index contributed by atoms with van der Waals surface area (Å²) in [5.74, 6) is -0.0388. The van der Waals surface area contributed by atoms with Crippen LogP contribution in [0, 0.1) is 0 Å². The van der Waals surface area contributed by atoms with Crippen LogP contribution >= 0.6 is 0 Å². The summed E-state index contributed by atoms with van der Waals surface area (Å²) in [6, 6.07) is 8.33. The van der Waals surface area contributed by atoms with Gasteiger partial charge in [-0.15, -0.1) is 0 Å². The van der Waals surface area contributed by atoms with Crippen LogP contribution in [0.15, 0.2) is 24.3 Å². The van der Waals surface area contributed by atoms with E-state index in [9.17, 15) is 4.79 Å². The first kappa shape index (κ1) is 15.0. The minimum absolute atomic E-state index is 0.0388. The fourth-order valence-corrected chi connectivity index (χ4v) is 2.30. The lowest BCUT2D eigenvalue weighted by Crippen LogP contribution is -2.35. The Morgan fingerprint density at radius 3 is 2.55 bits per heavy atom. The standard InChI is InChI=1S/C16H24N2O2/c1-2-13-3-5-14(6-4-13)11-18-16(19)12-20-15-7-9-17-10-8-15/h3-6,15,17H,2,7-12H2,1H3,(H,18,19). The summed E-state index contributed by atoms with van der Waals surface area (Å²) in [6.45, 7) is 4.83. The molecule has 110 valence electrons. The second-order valence-corrected chi connectivity index (χ2v) is 5.21. The van der Waals surface area contributed by atoms with Crippen LogP contribution in [0.4, 0.5) is 0 Å². The number of aryl methyl sites for hydroxylation is 1. The van der Waals surface area contributed by atoms with Crippen LogP contribution in [0.3, 0.4) is 0 Å². The number of rotatable bonds is 6. The van der Waals surface area contributed by atoms with Crippen molar-refractivity contribution in [1.29, 1.82) is 0 Å². The zero-order chi connectivity index (χ0) is 14.2. The highest BCUT2D eigenvalue weighted by molar-refractivity contribution is 5.77. The predicted molar refractivity (Wildman–Crippen MR) is 79.5 cm³/mol. The van der Waals surface area contributed by atoms with Crippen LogP contribution in [0.5, 0.6) is 0 Å². The highest BCUT2D eigenvalue weighted by Gasteiger charge is 2.14. The van der Waals surface area contributed by atoms with E-state index in [-0.39, 0.29) is 18.6 Å². The molecule has 0 unspecified atom stereocenters. The minimum atomic E-state index is -0.0388. The molecule has 0 spiro atoms. The molecule has 1 saturated heterocycles. The van der Waals surface area contributed by atoms with Gasteiger partial charge in [0.2, 0.25) is 5.91 Å². The molecule has 1 amide bonds. The normalized spacial score (nSPS) is 16.1. The summed E-state index contributed by atoms with van der Waals surface area (Å²) in [5, 5.41) is 6.17. The van der Waals surface area contributed by atoms with Gasteiger partial charge in [0, 0.05) is 6.54 Å². The van der Waals surface area contributed by atoms with Crippen molar-refractivity contribution in [3.63, 3.8) is 0 Å². The number of hydrogen-bond acceptors (Lipinski definition) is 3. The molecule has 1 heterocycles. The molecule has 2 N–H and O–H groups in total. The highest BCUT2D eigenvalue weighted by atomic mass is 16.5. The maximum Gasteiger partial charge on any atom is 0.246 e. The second kappa shape index (κ2) is 8.02. The first-order valence-corrected chi connectivity index (χ1v) is 7.44. The number of piperidine rings is 1. The molecule has 0 radical (unpaired) electrons. The Hall–Kier alpha value is -1.39. The van der Waals surface area contributed by atoms with E-state index in [1.54, 1.807) is 0 Å². The Balaban J connectivity index is 1.66. The maximum absolute atomic E-state index is 11.7. The van der Waals surface area contributed by atoms with Gasteiger partial charge in [0.25, 0.3) is 0 Å². The Kier molecular flexibility index (Phi) is 6.02. The molecule has 0 aliphatic carbocycles. The predicted octanol–water partition coefficient (Wildman–Crippen LogP) is 1.63. The minimum Gasteiger partial charge on any atom is -0.368 e. The largest absolute Gasteiger partial charge is 0.368 e. The molecular weight excluding hydrogens is 252 g/mol. The van der Waals surface area contributed by atoms with Crippen molar-refractivity contribution in [3.8, 4) is 0 Å². The summed E-state index contributed by atoms with van der Waals surface area (Å²) >= 11 is 0. The van der Waals surface area contributed by atoms with Crippen molar-refractivity contribution >= 4 is 5.91 Å². The summed E-state index contributed by atoms with van der Waals surface area (Å²) < 4.78 is 5.62. The maximum atomic E-state index is 11.7. The zero-order valence-corrected chi connectivity index (χ0v) is 12.2. The number of hydrogen-bond donors (Lipinski definition) is 2. The molecule has 0 saturated carbocycles. The van der Waals surface area contributed by atoms with Crippen molar-refractivity contribution in [1.82, 2.24) is 10.6 Å². The summed E-state index contributed by atoms with van der Waals surface area (Å²) in [6.07, 6.45) is 3.25. The van der Waals surface area contributed by atoms with E-state index >= 15 is 0 Å². The highest BCUT2D eigenvalue weighted by Crippen LogP contribution is 2.07. The smallest absolute Gasteiger partial charge is 0.246 e. The van der Waals surface area contributed by atoms with Crippen LogP contribution in [0.2, 0.25) is 0 Å².